The standard InChI is InChI=1S/C22H30N4O2/c1-25-20(12-19(24-25)15-5-2-3-6-15)18-14-26-9-8-16(18)11-17(26)13-23-22(27)21-7-4-10-28-21/h4,7,10,12,15-18H,2-3,5-6,8-9,11,13-14H2,1H3,(H,23,27). The molecule has 6 rings (SSSR count). The molecule has 3 aliphatic heterocycles. The van der Waals surface area contributed by atoms with Gasteiger partial charge in [0, 0.05) is 43.7 Å². The zero-order valence-electron chi connectivity index (χ0n) is 16.6. The second kappa shape index (κ2) is 7.39. The van der Waals surface area contributed by atoms with E-state index >= 15 is 0 Å². The molecule has 150 valence electrons. The van der Waals surface area contributed by atoms with Crippen molar-refractivity contribution in [3.8, 4) is 0 Å². The van der Waals surface area contributed by atoms with Crippen LogP contribution in [-0.2, 0) is 7.05 Å². The Morgan fingerprint density at radius 2 is 2.18 bits per heavy atom. The van der Waals surface area contributed by atoms with Gasteiger partial charge in [-0.3, -0.25) is 14.4 Å². The number of hydrogen-bond acceptors (Lipinski definition) is 4. The third-order valence-electron chi connectivity index (χ3n) is 7.21. The Morgan fingerprint density at radius 3 is 2.89 bits per heavy atom. The van der Waals surface area contributed by atoms with E-state index in [1.54, 1.807) is 18.4 Å². The number of aromatic nitrogens is 2. The van der Waals surface area contributed by atoms with Crippen LogP contribution in [0.25, 0.3) is 0 Å². The van der Waals surface area contributed by atoms with Crippen molar-refractivity contribution in [3.05, 3.63) is 41.6 Å². The number of rotatable bonds is 5. The number of hydrogen-bond donors (Lipinski definition) is 1. The molecule has 6 nitrogen and oxygen atoms in total. The monoisotopic (exact) mass is 382 g/mol. The summed E-state index contributed by atoms with van der Waals surface area (Å²) in [6.45, 7) is 2.91. The SMILES string of the molecule is Cn1nc(C2CCCC2)cc1C1CN2CCC1CC2CNC(=O)c1ccco1. The number of nitrogens with zero attached hydrogens (tertiary/aromatic N) is 3. The molecule has 28 heavy (non-hydrogen) atoms. The maximum absolute atomic E-state index is 12.2. The van der Waals surface area contributed by atoms with Gasteiger partial charge in [0.05, 0.1) is 12.0 Å². The Bertz CT molecular complexity index is 822. The number of furan rings is 1. The summed E-state index contributed by atoms with van der Waals surface area (Å²) in [5.74, 6) is 2.20. The lowest BCUT2D eigenvalue weighted by molar-refractivity contribution is 0.0278. The molecule has 1 aliphatic carbocycles. The van der Waals surface area contributed by atoms with Gasteiger partial charge in [-0.2, -0.15) is 5.10 Å². The third kappa shape index (κ3) is 3.28. The number of piperidine rings is 3. The fourth-order valence-electron chi connectivity index (χ4n) is 5.66. The highest BCUT2D eigenvalue weighted by Gasteiger charge is 2.42. The minimum atomic E-state index is -0.114. The maximum atomic E-state index is 12.2. The molecule has 1 N–H and O–H groups in total. The first-order valence-corrected chi connectivity index (χ1v) is 10.8. The van der Waals surface area contributed by atoms with Crippen LogP contribution in [-0.4, -0.2) is 46.3 Å². The highest BCUT2D eigenvalue weighted by molar-refractivity contribution is 5.91. The van der Waals surface area contributed by atoms with Crippen molar-refractivity contribution < 1.29 is 9.21 Å². The fraction of sp³-hybridized carbons (Fsp3) is 0.636. The first-order chi connectivity index (χ1) is 13.7. The number of aryl methyl sites for hydroxylation is 1. The van der Waals surface area contributed by atoms with Crippen LogP contribution >= 0.6 is 0 Å². The molecule has 2 aromatic heterocycles. The highest BCUT2D eigenvalue weighted by Crippen LogP contribution is 2.43. The van der Waals surface area contributed by atoms with Crippen LogP contribution in [0.5, 0.6) is 0 Å². The summed E-state index contributed by atoms with van der Waals surface area (Å²) in [7, 11) is 2.12. The molecule has 4 unspecified atom stereocenters. The smallest absolute Gasteiger partial charge is 0.287 e. The molecular weight excluding hydrogens is 352 g/mol. The van der Waals surface area contributed by atoms with Crippen molar-refractivity contribution in [2.75, 3.05) is 19.6 Å². The van der Waals surface area contributed by atoms with Crippen molar-refractivity contribution in [1.29, 1.82) is 0 Å². The summed E-state index contributed by atoms with van der Waals surface area (Å²) in [6.07, 6.45) is 9.23. The highest BCUT2D eigenvalue weighted by atomic mass is 16.3. The predicted molar refractivity (Wildman–Crippen MR) is 106 cm³/mol. The molecule has 2 aromatic rings. The average Bonchev–Trinajstić information content (AvgIpc) is 3.47. The molecule has 0 spiro atoms. The molecule has 6 heteroatoms. The number of fused-ring (bicyclic) bond motifs is 3. The minimum Gasteiger partial charge on any atom is -0.459 e. The van der Waals surface area contributed by atoms with E-state index in [0.29, 0.717) is 36.1 Å². The minimum absolute atomic E-state index is 0.114. The Morgan fingerprint density at radius 1 is 1.32 bits per heavy atom. The first-order valence-electron chi connectivity index (χ1n) is 10.8. The third-order valence-corrected chi connectivity index (χ3v) is 7.21. The second-order valence-electron chi connectivity index (χ2n) is 8.83. The predicted octanol–water partition coefficient (Wildman–Crippen LogP) is 3.28. The van der Waals surface area contributed by atoms with Crippen molar-refractivity contribution >= 4 is 5.91 Å². The summed E-state index contributed by atoms with van der Waals surface area (Å²) < 4.78 is 7.34. The molecule has 2 bridgehead atoms. The van der Waals surface area contributed by atoms with E-state index in [9.17, 15) is 4.79 Å². The molecule has 1 saturated carbocycles. The van der Waals surface area contributed by atoms with E-state index in [4.69, 9.17) is 9.52 Å². The number of nitrogens with one attached hydrogen (secondary N) is 1. The first kappa shape index (κ1) is 18.0. The fourth-order valence-corrected chi connectivity index (χ4v) is 5.66. The Balaban J connectivity index is 1.24. The van der Waals surface area contributed by atoms with Gasteiger partial charge in [-0.25, -0.2) is 0 Å². The van der Waals surface area contributed by atoms with Crippen LogP contribution in [0, 0.1) is 5.92 Å². The summed E-state index contributed by atoms with van der Waals surface area (Å²) >= 11 is 0. The van der Waals surface area contributed by atoms with E-state index in [2.05, 4.69) is 28.0 Å². The zero-order valence-corrected chi connectivity index (χ0v) is 16.6. The summed E-state index contributed by atoms with van der Waals surface area (Å²) in [4.78, 5) is 14.7. The molecule has 0 radical (unpaired) electrons. The molecule has 4 fully saturated rings. The van der Waals surface area contributed by atoms with Crippen LogP contribution in [0.1, 0.15) is 72.3 Å². The quantitative estimate of drug-likeness (QED) is 0.862. The van der Waals surface area contributed by atoms with Gasteiger partial charge in [0.2, 0.25) is 0 Å². The van der Waals surface area contributed by atoms with Crippen molar-refractivity contribution in [3.63, 3.8) is 0 Å². The Labute approximate surface area is 166 Å². The van der Waals surface area contributed by atoms with Crippen LogP contribution in [0.4, 0.5) is 0 Å². The molecule has 1 amide bonds. The normalized spacial score (nSPS) is 30.0. The van der Waals surface area contributed by atoms with Crippen molar-refractivity contribution in [2.45, 2.75) is 56.4 Å². The van der Waals surface area contributed by atoms with Gasteiger partial charge in [-0.05, 0) is 56.3 Å². The van der Waals surface area contributed by atoms with E-state index in [-0.39, 0.29) is 5.91 Å². The van der Waals surface area contributed by atoms with E-state index < -0.39 is 0 Å². The Kier molecular flexibility index (Phi) is 4.75. The Hall–Kier alpha value is -2.08. The van der Waals surface area contributed by atoms with Crippen LogP contribution in [0.3, 0.4) is 0 Å². The van der Waals surface area contributed by atoms with Crippen molar-refractivity contribution in [2.24, 2.45) is 13.0 Å². The molecular formula is C22H30N4O2. The van der Waals surface area contributed by atoms with Crippen LogP contribution in [0.15, 0.2) is 28.9 Å². The lowest BCUT2D eigenvalue weighted by Crippen LogP contribution is -2.56. The molecule has 4 atom stereocenters. The van der Waals surface area contributed by atoms with Gasteiger partial charge in [0.15, 0.2) is 5.76 Å². The largest absolute Gasteiger partial charge is 0.459 e. The average molecular weight is 383 g/mol. The molecule has 3 saturated heterocycles. The maximum Gasteiger partial charge on any atom is 0.287 e. The molecule has 0 aromatic carbocycles. The van der Waals surface area contributed by atoms with E-state index in [1.807, 2.05) is 0 Å². The number of amides is 1. The molecule has 5 heterocycles. The lowest BCUT2D eigenvalue weighted by Gasteiger charge is -2.49. The summed E-state index contributed by atoms with van der Waals surface area (Å²) in [5, 5.41) is 7.94. The van der Waals surface area contributed by atoms with E-state index in [0.717, 1.165) is 19.5 Å². The molecule has 4 aliphatic rings. The van der Waals surface area contributed by atoms with Gasteiger partial charge >= 0.3 is 0 Å². The zero-order chi connectivity index (χ0) is 19.1. The van der Waals surface area contributed by atoms with Crippen LogP contribution in [0.2, 0.25) is 0 Å². The van der Waals surface area contributed by atoms with Gasteiger partial charge in [0.25, 0.3) is 5.91 Å². The van der Waals surface area contributed by atoms with Gasteiger partial charge in [-0.1, -0.05) is 12.8 Å². The number of carbonyl (C=O) groups excluding carboxylic acids is 1. The topological polar surface area (TPSA) is 63.3 Å². The number of carbonyl (C=O) groups is 1. The summed E-state index contributed by atoms with van der Waals surface area (Å²) in [5.41, 5.74) is 2.73. The van der Waals surface area contributed by atoms with E-state index in [1.165, 1.54) is 43.5 Å². The lowest BCUT2D eigenvalue weighted by atomic mass is 9.74. The summed E-state index contributed by atoms with van der Waals surface area (Å²) in [6, 6.07) is 6.29. The van der Waals surface area contributed by atoms with Crippen molar-refractivity contribution in [1.82, 2.24) is 20.0 Å². The second-order valence-corrected chi connectivity index (χ2v) is 8.83. The van der Waals surface area contributed by atoms with Gasteiger partial charge in [0.1, 0.15) is 0 Å². The van der Waals surface area contributed by atoms with Gasteiger partial charge in [-0.15, -0.1) is 0 Å². The van der Waals surface area contributed by atoms with Gasteiger partial charge < -0.3 is 9.73 Å². The van der Waals surface area contributed by atoms with Crippen LogP contribution < -0.4 is 5.32 Å².